The summed E-state index contributed by atoms with van der Waals surface area (Å²) in [5.41, 5.74) is 1.24. The van der Waals surface area contributed by atoms with E-state index < -0.39 is 15.3 Å². The van der Waals surface area contributed by atoms with Crippen LogP contribution in [-0.2, 0) is 19.6 Å². The van der Waals surface area contributed by atoms with Crippen LogP contribution in [0.5, 0.6) is 0 Å². The number of carbonyl (C=O) groups is 2. The van der Waals surface area contributed by atoms with Gasteiger partial charge in [0.2, 0.25) is 15.9 Å². The highest BCUT2D eigenvalue weighted by Gasteiger charge is 2.30. The molecule has 1 aliphatic heterocycles. The Labute approximate surface area is 191 Å². The van der Waals surface area contributed by atoms with Crippen molar-refractivity contribution in [2.75, 3.05) is 18.4 Å². The number of nitrogens with one attached hydrogen (secondary N) is 2. The fourth-order valence-electron chi connectivity index (χ4n) is 4.31. The van der Waals surface area contributed by atoms with Crippen LogP contribution in [0.3, 0.4) is 0 Å². The van der Waals surface area contributed by atoms with Gasteiger partial charge in [-0.15, -0.1) is 0 Å². The molecule has 8 nitrogen and oxygen atoms in total. The number of hydrogen-bond donors (Lipinski definition) is 2. The molecule has 2 N–H and O–H groups in total. The van der Waals surface area contributed by atoms with Crippen LogP contribution in [0.25, 0.3) is 0 Å². The third kappa shape index (κ3) is 6.30. The Morgan fingerprint density at radius 3 is 2.09 bits per heavy atom. The Morgan fingerprint density at radius 1 is 1.00 bits per heavy atom. The predicted octanol–water partition coefficient (Wildman–Crippen LogP) is 2.76. The molecule has 1 heterocycles. The molecule has 2 aliphatic rings. The van der Waals surface area contributed by atoms with Gasteiger partial charge in [-0.05, 0) is 77.6 Å². The van der Waals surface area contributed by atoms with E-state index in [4.69, 9.17) is 4.74 Å². The van der Waals surface area contributed by atoms with Gasteiger partial charge in [0, 0.05) is 36.3 Å². The minimum absolute atomic E-state index is 0.0111. The van der Waals surface area contributed by atoms with Crippen molar-refractivity contribution < 1.29 is 22.7 Å². The van der Waals surface area contributed by atoms with Crippen molar-refractivity contribution >= 4 is 27.5 Å². The number of carbonyl (C=O) groups excluding carboxylic acids is 2. The molecule has 178 valence electrons. The van der Waals surface area contributed by atoms with E-state index in [-0.39, 0.29) is 36.0 Å². The van der Waals surface area contributed by atoms with Gasteiger partial charge in [-0.1, -0.05) is 0 Å². The first kappa shape index (κ1) is 24.7. The molecule has 32 heavy (non-hydrogen) atoms. The summed E-state index contributed by atoms with van der Waals surface area (Å²) in [5.74, 6) is -0.246. The van der Waals surface area contributed by atoms with Crippen molar-refractivity contribution in [3.05, 3.63) is 29.8 Å². The summed E-state index contributed by atoms with van der Waals surface area (Å²) in [6.45, 7) is 8.36. The minimum Gasteiger partial charge on any atom is -0.372 e. The van der Waals surface area contributed by atoms with Gasteiger partial charge in [-0.2, -0.15) is 0 Å². The van der Waals surface area contributed by atoms with Crippen LogP contribution in [0.1, 0.15) is 63.7 Å². The van der Waals surface area contributed by atoms with Gasteiger partial charge in [0.05, 0.1) is 17.5 Å². The smallest absolute Gasteiger partial charge is 0.254 e. The van der Waals surface area contributed by atoms with Gasteiger partial charge in [0.25, 0.3) is 5.91 Å². The lowest BCUT2D eigenvalue weighted by Gasteiger charge is -2.35. The lowest BCUT2D eigenvalue weighted by Crippen LogP contribution is -2.48. The van der Waals surface area contributed by atoms with Gasteiger partial charge >= 0.3 is 0 Å². The highest BCUT2D eigenvalue weighted by molar-refractivity contribution is 7.90. The van der Waals surface area contributed by atoms with Gasteiger partial charge in [0.1, 0.15) is 0 Å². The van der Waals surface area contributed by atoms with E-state index in [9.17, 15) is 18.0 Å². The van der Waals surface area contributed by atoms with Crippen molar-refractivity contribution in [2.45, 2.75) is 76.9 Å². The summed E-state index contributed by atoms with van der Waals surface area (Å²) in [7, 11) is -3.30. The molecule has 2 fully saturated rings. The monoisotopic (exact) mass is 465 g/mol. The van der Waals surface area contributed by atoms with E-state index >= 15 is 0 Å². The first-order valence-corrected chi connectivity index (χ1v) is 13.0. The van der Waals surface area contributed by atoms with Crippen molar-refractivity contribution in [1.29, 1.82) is 0 Å². The molecule has 3 rings (SSSR count). The Hall–Kier alpha value is -1.97. The number of hydrogen-bond acceptors (Lipinski definition) is 5. The van der Waals surface area contributed by atoms with Crippen molar-refractivity contribution in [3.8, 4) is 0 Å². The topological polar surface area (TPSA) is 105 Å². The molecular weight excluding hydrogens is 430 g/mol. The van der Waals surface area contributed by atoms with Gasteiger partial charge < -0.3 is 15.0 Å². The summed E-state index contributed by atoms with van der Waals surface area (Å²) in [5, 5.41) is 2.47. The van der Waals surface area contributed by atoms with Gasteiger partial charge in [-0.25, -0.2) is 13.1 Å². The van der Waals surface area contributed by atoms with Crippen LogP contribution in [0, 0.1) is 5.92 Å². The lowest BCUT2D eigenvalue weighted by molar-refractivity contribution is -0.120. The Morgan fingerprint density at radius 2 is 1.56 bits per heavy atom. The first-order valence-electron chi connectivity index (χ1n) is 11.4. The van der Waals surface area contributed by atoms with Gasteiger partial charge in [0.15, 0.2) is 0 Å². The number of amides is 2. The molecule has 0 radical (unpaired) electrons. The summed E-state index contributed by atoms with van der Waals surface area (Å²) in [4.78, 5) is 27.2. The second-order valence-electron chi connectivity index (χ2n) is 9.29. The van der Waals surface area contributed by atoms with Crippen molar-refractivity contribution in [1.82, 2.24) is 9.62 Å². The maximum atomic E-state index is 12.8. The average molecular weight is 466 g/mol. The van der Waals surface area contributed by atoms with Crippen LogP contribution >= 0.6 is 0 Å². The molecule has 1 unspecified atom stereocenters. The maximum absolute atomic E-state index is 12.8. The second kappa shape index (κ2) is 10.3. The lowest BCUT2D eigenvalue weighted by atomic mass is 9.86. The molecule has 1 saturated heterocycles. The normalized spacial score (nSPS) is 26.7. The van der Waals surface area contributed by atoms with E-state index in [0.717, 1.165) is 0 Å². The molecule has 0 bridgehead atoms. The zero-order valence-corrected chi connectivity index (χ0v) is 20.2. The fraction of sp³-hybridized carbons (Fsp3) is 0.652. The third-order valence-corrected chi connectivity index (χ3v) is 8.06. The number of rotatable bonds is 6. The van der Waals surface area contributed by atoms with E-state index in [1.54, 1.807) is 43.0 Å². The molecule has 1 saturated carbocycles. The molecule has 2 atom stereocenters. The van der Waals surface area contributed by atoms with Crippen LogP contribution < -0.4 is 10.0 Å². The quantitative estimate of drug-likeness (QED) is 0.672. The fourth-order valence-corrected chi connectivity index (χ4v) is 5.28. The Kier molecular flexibility index (Phi) is 7.95. The number of anilines is 1. The third-order valence-electron chi connectivity index (χ3n) is 6.16. The summed E-state index contributed by atoms with van der Waals surface area (Å²) in [6, 6.07) is 6.87. The SMILES string of the molecule is CC1CN(C(=O)c2ccc(NC(=O)C3CCC(NS(=O)(=O)C(C)C)CC3)cc2)C[C@@H](C)O1. The van der Waals surface area contributed by atoms with E-state index in [0.29, 0.717) is 50.0 Å². The number of benzene rings is 1. The van der Waals surface area contributed by atoms with Crippen LogP contribution in [0.2, 0.25) is 0 Å². The molecule has 1 aliphatic carbocycles. The molecule has 9 heteroatoms. The molecule has 0 aromatic heterocycles. The van der Waals surface area contributed by atoms with Crippen molar-refractivity contribution in [3.63, 3.8) is 0 Å². The maximum Gasteiger partial charge on any atom is 0.254 e. The van der Waals surface area contributed by atoms with Crippen LogP contribution in [-0.4, -0.2) is 61.7 Å². The Balaban J connectivity index is 1.50. The number of morpholine rings is 1. The highest BCUT2D eigenvalue weighted by atomic mass is 32.2. The van der Waals surface area contributed by atoms with E-state index in [2.05, 4.69) is 10.0 Å². The molecule has 2 amide bonds. The summed E-state index contributed by atoms with van der Waals surface area (Å²) >= 11 is 0. The van der Waals surface area contributed by atoms with Gasteiger partial charge in [-0.3, -0.25) is 9.59 Å². The zero-order valence-electron chi connectivity index (χ0n) is 19.3. The largest absolute Gasteiger partial charge is 0.372 e. The minimum atomic E-state index is -3.30. The molecule has 1 aromatic rings. The molecule has 1 aromatic carbocycles. The first-order chi connectivity index (χ1) is 15.0. The predicted molar refractivity (Wildman–Crippen MR) is 124 cm³/mol. The Bertz CT molecular complexity index is 898. The summed E-state index contributed by atoms with van der Waals surface area (Å²) < 4.78 is 32.5. The van der Waals surface area contributed by atoms with Crippen molar-refractivity contribution in [2.24, 2.45) is 5.92 Å². The summed E-state index contributed by atoms with van der Waals surface area (Å²) in [6.07, 6.45) is 2.60. The van der Waals surface area contributed by atoms with Crippen LogP contribution in [0.15, 0.2) is 24.3 Å². The number of nitrogens with zero attached hydrogens (tertiary/aromatic N) is 1. The van der Waals surface area contributed by atoms with Crippen LogP contribution in [0.4, 0.5) is 5.69 Å². The second-order valence-corrected chi connectivity index (χ2v) is 11.6. The molecule has 0 spiro atoms. The average Bonchev–Trinajstić information content (AvgIpc) is 2.73. The number of ether oxygens (including phenoxy) is 1. The highest BCUT2D eigenvalue weighted by Crippen LogP contribution is 2.26. The van der Waals surface area contributed by atoms with E-state index in [1.807, 2.05) is 13.8 Å². The number of sulfonamides is 1. The van der Waals surface area contributed by atoms with E-state index in [1.165, 1.54) is 0 Å². The zero-order chi connectivity index (χ0) is 23.5. The molecular formula is C23H35N3O5S. The standard InChI is InChI=1S/C23H35N3O5S/c1-15(2)32(29,30)25-21-11-5-18(6-12-21)22(27)24-20-9-7-19(8-10-20)23(28)26-13-16(3)31-17(4)14-26/h7-10,15-18,21,25H,5-6,11-14H2,1-4H3,(H,24,27)/t16-,17?,18?,21?/m1/s1.